The Kier molecular flexibility index (Phi) is 4.79. The van der Waals surface area contributed by atoms with E-state index in [0.717, 1.165) is 0 Å². The standard InChI is InChI=1S/C12H16FN3O2/c1-16(12(18)10(14)6-11(15)17)7-8-3-2-4-9(13)5-8/h2-5,10H,6-7,14H2,1H3,(H2,15,17). The van der Waals surface area contributed by atoms with Gasteiger partial charge < -0.3 is 16.4 Å². The lowest BCUT2D eigenvalue weighted by Crippen LogP contribution is -2.43. The molecule has 0 aliphatic carbocycles. The Labute approximate surface area is 105 Å². The van der Waals surface area contributed by atoms with Gasteiger partial charge in [-0.1, -0.05) is 12.1 Å². The van der Waals surface area contributed by atoms with Gasteiger partial charge in [-0.2, -0.15) is 0 Å². The molecule has 5 nitrogen and oxygen atoms in total. The van der Waals surface area contributed by atoms with Crippen molar-refractivity contribution in [3.63, 3.8) is 0 Å². The first-order valence-corrected chi connectivity index (χ1v) is 5.43. The van der Waals surface area contributed by atoms with Crippen LogP contribution >= 0.6 is 0 Å². The molecule has 18 heavy (non-hydrogen) atoms. The summed E-state index contributed by atoms with van der Waals surface area (Å²) in [7, 11) is 1.54. The maximum atomic E-state index is 13.0. The Bertz CT molecular complexity index is 451. The Hall–Kier alpha value is -1.95. The maximum Gasteiger partial charge on any atom is 0.240 e. The molecule has 4 N–H and O–H groups in total. The molecule has 0 aliphatic heterocycles. The minimum atomic E-state index is -0.957. The summed E-state index contributed by atoms with van der Waals surface area (Å²) in [6, 6.07) is 4.97. The second kappa shape index (κ2) is 6.11. The van der Waals surface area contributed by atoms with E-state index in [9.17, 15) is 14.0 Å². The van der Waals surface area contributed by atoms with Crippen LogP contribution < -0.4 is 11.5 Å². The number of primary amides is 1. The molecular formula is C12H16FN3O2. The molecule has 2 amide bonds. The molecule has 0 spiro atoms. The SMILES string of the molecule is CN(Cc1cccc(F)c1)C(=O)C(N)CC(N)=O. The van der Waals surface area contributed by atoms with Crippen LogP contribution in [0.5, 0.6) is 0 Å². The minimum Gasteiger partial charge on any atom is -0.370 e. The van der Waals surface area contributed by atoms with Crippen LogP contribution in [0.15, 0.2) is 24.3 Å². The van der Waals surface area contributed by atoms with E-state index in [0.29, 0.717) is 5.56 Å². The fraction of sp³-hybridized carbons (Fsp3) is 0.333. The molecule has 0 fully saturated rings. The summed E-state index contributed by atoms with van der Waals surface area (Å²) in [5, 5.41) is 0. The Morgan fingerprint density at radius 2 is 2.11 bits per heavy atom. The first kappa shape index (κ1) is 14.1. The highest BCUT2D eigenvalue weighted by Crippen LogP contribution is 2.07. The molecule has 0 heterocycles. The largest absolute Gasteiger partial charge is 0.370 e. The third-order valence-electron chi connectivity index (χ3n) is 2.42. The molecule has 1 unspecified atom stereocenters. The van der Waals surface area contributed by atoms with Crippen molar-refractivity contribution in [3.8, 4) is 0 Å². The van der Waals surface area contributed by atoms with Crippen molar-refractivity contribution >= 4 is 11.8 Å². The van der Waals surface area contributed by atoms with Crippen molar-refractivity contribution in [2.24, 2.45) is 11.5 Å². The monoisotopic (exact) mass is 253 g/mol. The van der Waals surface area contributed by atoms with Gasteiger partial charge in [-0.25, -0.2) is 4.39 Å². The van der Waals surface area contributed by atoms with Gasteiger partial charge in [0.15, 0.2) is 0 Å². The molecule has 1 rings (SSSR count). The number of hydrogen-bond donors (Lipinski definition) is 2. The third-order valence-corrected chi connectivity index (χ3v) is 2.42. The van der Waals surface area contributed by atoms with E-state index in [1.165, 1.54) is 24.1 Å². The summed E-state index contributed by atoms with van der Waals surface area (Å²) in [6.45, 7) is 0.225. The summed E-state index contributed by atoms with van der Waals surface area (Å²) >= 11 is 0. The number of halogens is 1. The zero-order valence-electron chi connectivity index (χ0n) is 10.1. The van der Waals surface area contributed by atoms with Crippen LogP contribution in [-0.4, -0.2) is 29.8 Å². The smallest absolute Gasteiger partial charge is 0.240 e. The van der Waals surface area contributed by atoms with E-state index in [2.05, 4.69) is 0 Å². The van der Waals surface area contributed by atoms with Gasteiger partial charge in [0.25, 0.3) is 0 Å². The Morgan fingerprint density at radius 1 is 1.44 bits per heavy atom. The van der Waals surface area contributed by atoms with E-state index in [-0.39, 0.29) is 18.8 Å². The van der Waals surface area contributed by atoms with Crippen LogP contribution in [0.1, 0.15) is 12.0 Å². The number of hydrogen-bond acceptors (Lipinski definition) is 3. The van der Waals surface area contributed by atoms with Crippen molar-refractivity contribution in [3.05, 3.63) is 35.6 Å². The molecule has 0 bridgehead atoms. The molecule has 1 aromatic rings. The highest BCUT2D eigenvalue weighted by Gasteiger charge is 2.19. The van der Waals surface area contributed by atoms with E-state index < -0.39 is 17.9 Å². The highest BCUT2D eigenvalue weighted by molar-refractivity contribution is 5.87. The van der Waals surface area contributed by atoms with E-state index in [1.54, 1.807) is 12.1 Å². The van der Waals surface area contributed by atoms with Gasteiger partial charge in [0.05, 0.1) is 12.5 Å². The Morgan fingerprint density at radius 3 is 2.67 bits per heavy atom. The number of carbonyl (C=O) groups excluding carboxylic acids is 2. The highest BCUT2D eigenvalue weighted by atomic mass is 19.1. The molecule has 1 aromatic carbocycles. The second-order valence-corrected chi connectivity index (χ2v) is 4.10. The lowest BCUT2D eigenvalue weighted by Gasteiger charge is -2.20. The quantitative estimate of drug-likeness (QED) is 0.773. The molecule has 98 valence electrons. The van der Waals surface area contributed by atoms with Gasteiger partial charge in [0.2, 0.25) is 11.8 Å². The van der Waals surface area contributed by atoms with Crippen LogP contribution in [0.4, 0.5) is 4.39 Å². The number of carbonyl (C=O) groups is 2. The average Bonchev–Trinajstić information content (AvgIpc) is 2.27. The Balaban J connectivity index is 2.62. The van der Waals surface area contributed by atoms with Crippen molar-refractivity contribution in [2.75, 3.05) is 7.05 Å². The molecule has 1 atom stereocenters. The van der Waals surface area contributed by atoms with Crippen LogP contribution in [0.3, 0.4) is 0 Å². The summed E-state index contributed by atoms with van der Waals surface area (Å²) in [5.74, 6) is -1.40. The predicted octanol–water partition coefficient (Wildman–Crippen LogP) is -0.0132. The minimum absolute atomic E-state index is 0.202. The van der Waals surface area contributed by atoms with Crippen molar-refractivity contribution in [1.29, 1.82) is 0 Å². The molecular weight excluding hydrogens is 237 g/mol. The number of amides is 2. The predicted molar refractivity (Wildman–Crippen MR) is 64.7 cm³/mol. The first-order valence-electron chi connectivity index (χ1n) is 5.43. The first-order chi connectivity index (χ1) is 8.40. The normalized spacial score (nSPS) is 11.9. The van der Waals surface area contributed by atoms with Gasteiger partial charge in [-0.3, -0.25) is 9.59 Å². The third kappa shape index (κ3) is 4.14. The van der Waals surface area contributed by atoms with Crippen molar-refractivity contribution in [1.82, 2.24) is 4.90 Å². The average molecular weight is 253 g/mol. The number of nitrogens with zero attached hydrogens (tertiary/aromatic N) is 1. The number of likely N-dealkylation sites (N-methyl/N-ethyl adjacent to an activating group) is 1. The van der Waals surface area contributed by atoms with Crippen LogP contribution in [0.2, 0.25) is 0 Å². The van der Waals surface area contributed by atoms with E-state index >= 15 is 0 Å². The van der Waals surface area contributed by atoms with E-state index in [4.69, 9.17) is 11.5 Å². The summed E-state index contributed by atoms with van der Waals surface area (Å²) in [4.78, 5) is 23.8. The van der Waals surface area contributed by atoms with E-state index in [1.807, 2.05) is 0 Å². The van der Waals surface area contributed by atoms with Crippen LogP contribution in [-0.2, 0) is 16.1 Å². The summed E-state index contributed by atoms with van der Waals surface area (Å²) in [5.41, 5.74) is 11.2. The molecule has 0 radical (unpaired) electrons. The maximum absolute atomic E-state index is 13.0. The topological polar surface area (TPSA) is 89.4 Å². The number of rotatable bonds is 5. The summed E-state index contributed by atoms with van der Waals surface area (Å²) < 4.78 is 13.0. The zero-order chi connectivity index (χ0) is 13.7. The summed E-state index contributed by atoms with van der Waals surface area (Å²) in [6.07, 6.45) is -0.202. The van der Waals surface area contributed by atoms with Crippen molar-refractivity contribution < 1.29 is 14.0 Å². The lowest BCUT2D eigenvalue weighted by atomic mass is 10.1. The molecule has 6 heteroatoms. The molecule has 0 saturated carbocycles. The molecule has 0 aliphatic rings. The number of benzene rings is 1. The van der Waals surface area contributed by atoms with Gasteiger partial charge in [0.1, 0.15) is 5.82 Å². The molecule has 0 aromatic heterocycles. The zero-order valence-corrected chi connectivity index (χ0v) is 10.1. The van der Waals surface area contributed by atoms with Crippen molar-refractivity contribution in [2.45, 2.75) is 19.0 Å². The fourth-order valence-corrected chi connectivity index (χ4v) is 1.57. The van der Waals surface area contributed by atoms with Gasteiger partial charge >= 0.3 is 0 Å². The molecule has 0 saturated heterocycles. The fourth-order valence-electron chi connectivity index (χ4n) is 1.57. The van der Waals surface area contributed by atoms with Gasteiger partial charge in [-0.15, -0.1) is 0 Å². The lowest BCUT2D eigenvalue weighted by molar-refractivity contribution is -0.133. The number of nitrogens with two attached hydrogens (primary N) is 2. The van der Waals surface area contributed by atoms with Gasteiger partial charge in [0, 0.05) is 13.6 Å². The van der Waals surface area contributed by atoms with Crippen LogP contribution in [0.25, 0.3) is 0 Å². The van der Waals surface area contributed by atoms with Gasteiger partial charge in [-0.05, 0) is 17.7 Å². The second-order valence-electron chi connectivity index (χ2n) is 4.10. The van der Waals surface area contributed by atoms with Crippen LogP contribution in [0, 0.1) is 5.82 Å².